The predicted octanol–water partition coefficient (Wildman–Crippen LogP) is 3.12. The molecule has 102 valence electrons. The number of hydrogen-bond acceptors (Lipinski definition) is 2. The Morgan fingerprint density at radius 2 is 1.84 bits per heavy atom. The van der Waals surface area contributed by atoms with Crippen LogP contribution in [-0.4, -0.2) is 9.78 Å². The lowest BCUT2D eigenvalue weighted by Crippen LogP contribution is -2.16. The van der Waals surface area contributed by atoms with Crippen LogP contribution in [0.25, 0.3) is 0 Å². The van der Waals surface area contributed by atoms with Gasteiger partial charge in [-0.15, -0.1) is 0 Å². The predicted molar refractivity (Wildman–Crippen MR) is 66.4 cm³/mol. The molecule has 0 aliphatic heterocycles. The van der Waals surface area contributed by atoms with Crippen molar-refractivity contribution in [3.63, 3.8) is 0 Å². The fourth-order valence-electron chi connectivity index (χ4n) is 1.96. The molecule has 1 heterocycles. The average Bonchev–Trinajstić information content (AvgIpc) is 2.72. The second kappa shape index (κ2) is 5.34. The SMILES string of the molecule is Nc1cnn(CCCc2ccccc2)c1C(F)(F)F. The maximum atomic E-state index is 12.8. The molecule has 2 aromatic rings. The third kappa shape index (κ3) is 3.27. The Morgan fingerprint density at radius 3 is 2.47 bits per heavy atom. The molecule has 0 atom stereocenters. The van der Waals surface area contributed by atoms with Gasteiger partial charge in [-0.3, -0.25) is 4.68 Å². The summed E-state index contributed by atoms with van der Waals surface area (Å²) in [5, 5.41) is 3.69. The largest absolute Gasteiger partial charge is 0.435 e. The standard InChI is InChI=1S/C13H14F3N3/c14-13(15,16)12-11(17)9-18-19(12)8-4-7-10-5-2-1-3-6-10/h1-3,5-6,9H,4,7-8,17H2. The van der Waals surface area contributed by atoms with Crippen molar-refractivity contribution in [2.45, 2.75) is 25.6 Å². The highest BCUT2D eigenvalue weighted by atomic mass is 19.4. The summed E-state index contributed by atoms with van der Waals surface area (Å²) in [5.74, 6) is 0. The number of aromatic nitrogens is 2. The van der Waals surface area contributed by atoms with Gasteiger partial charge in [-0.05, 0) is 18.4 Å². The average molecular weight is 269 g/mol. The molecule has 0 unspecified atom stereocenters. The van der Waals surface area contributed by atoms with Crippen LogP contribution in [0.1, 0.15) is 17.7 Å². The molecular formula is C13H14F3N3. The van der Waals surface area contributed by atoms with E-state index in [0.717, 1.165) is 16.4 Å². The summed E-state index contributed by atoms with van der Waals surface area (Å²) >= 11 is 0. The number of hydrogen-bond donors (Lipinski definition) is 1. The smallest absolute Gasteiger partial charge is 0.396 e. The fourth-order valence-corrected chi connectivity index (χ4v) is 1.96. The van der Waals surface area contributed by atoms with E-state index >= 15 is 0 Å². The summed E-state index contributed by atoms with van der Waals surface area (Å²) in [6, 6.07) is 9.61. The number of benzene rings is 1. The lowest BCUT2D eigenvalue weighted by molar-refractivity contribution is -0.143. The van der Waals surface area contributed by atoms with Gasteiger partial charge in [0.2, 0.25) is 0 Å². The van der Waals surface area contributed by atoms with Crippen LogP contribution >= 0.6 is 0 Å². The van der Waals surface area contributed by atoms with Crippen LogP contribution in [0.2, 0.25) is 0 Å². The van der Waals surface area contributed by atoms with Crippen LogP contribution in [0.3, 0.4) is 0 Å². The van der Waals surface area contributed by atoms with Crippen molar-refractivity contribution in [1.29, 1.82) is 0 Å². The highest BCUT2D eigenvalue weighted by Gasteiger charge is 2.37. The third-order valence-corrected chi connectivity index (χ3v) is 2.81. The van der Waals surface area contributed by atoms with Crippen molar-refractivity contribution in [3.05, 3.63) is 47.8 Å². The third-order valence-electron chi connectivity index (χ3n) is 2.81. The molecule has 1 aromatic carbocycles. The zero-order valence-corrected chi connectivity index (χ0v) is 10.2. The molecule has 0 fully saturated rings. The molecule has 0 radical (unpaired) electrons. The highest BCUT2D eigenvalue weighted by molar-refractivity contribution is 5.42. The molecule has 0 saturated carbocycles. The Hall–Kier alpha value is -1.98. The first-order valence-electron chi connectivity index (χ1n) is 5.91. The molecule has 1 aromatic heterocycles. The lowest BCUT2D eigenvalue weighted by atomic mass is 10.1. The maximum Gasteiger partial charge on any atom is 0.435 e. The fraction of sp³-hybridized carbons (Fsp3) is 0.308. The molecule has 2 N–H and O–H groups in total. The molecular weight excluding hydrogens is 255 g/mol. The summed E-state index contributed by atoms with van der Waals surface area (Å²) in [4.78, 5) is 0. The van der Waals surface area contributed by atoms with E-state index in [4.69, 9.17) is 5.73 Å². The second-order valence-electron chi connectivity index (χ2n) is 4.26. The monoisotopic (exact) mass is 269 g/mol. The number of halogens is 3. The first-order valence-corrected chi connectivity index (χ1v) is 5.91. The van der Waals surface area contributed by atoms with Gasteiger partial charge in [0.1, 0.15) is 0 Å². The van der Waals surface area contributed by atoms with Gasteiger partial charge < -0.3 is 5.73 Å². The Balaban J connectivity index is 2.01. The van der Waals surface area contributed by atoms with Gasteiger partial charge in [0, 0.05) is 6.54 Å². The van der Waals surface area contributed by atoms with E-state index in [1.54, 1.807) is 0 Å². The van der Waals surface area contributed by atoms with Crippen molar-refractivity contribution < 1.29 is 13.2 Å². The summed E-state index contributed by atoms with van der Waals surface area (Å²) < 4.78 is 39.2. The first kappa shape index (κ1) is 13.5. The summed E-state index contributed by atoms with van der Waals surface area (Å²) in [6.45, 7) is 0.195. The Labute approximate surface area is 108 Å². The summed E-state index contributed by atoms with van der Waals surface area (Å²) in [6.07, 6.45) is -2.13. The molecule has 0 bridgehead atoms. The quantitative estimate of drug-likeness (QED) is 0.926. The van der Waals surface area contributed by atoms with Crippen molar-refractivity contribution in [2.24, 2.45) is 0 Å². The van der Waals surface area contributed by atoms with Gasteiger partial charge in [-0.25, -0.2) is 0 Å². The number of nitrogen functional groups attached to an aromatic ring is 1. The van der Waals surface area contributed by atoms with Crippen molar-refractivity contribution in [3.8, 4) is 0 Å². The van der Waals surface area contributed by atoms with Gasteiger partial charge in [-0.2, -0.15) is 18.3 Å². The van der Waals surface area contributed by atoms with Gasteiger partial charge in [0.25, 0.3) is 0 Å². The van der Waals surface area contributed by atoms with E-state index in [2.05, 4.69) is 5.10 Å². The van der Waals surface area contributed by atoms with Crippen LogP contribution in [0.15, 0.2) is 36.5 Å². The minimum absolute atomic E-state index is 0.195. The van der Waals surface area contributed by atoms with Crippen LogP contribution in [0.4, 0.5) is 18.9 Å². The van der Waals surface area contributed by atoms with Crippen LogP contribution in [0, 0.1) is 0 Å². The van der Waals surface area contributed by atoms with Crippen LogP contribution < -0.4 is 5.73 Å². The number of alkyl halides is 3. The number of aryl methyl sites for hydroxylation is 2. The zero-order valence-electron chi connectivity index (χ0n) is 10.2. The minimum atomic E-state index is -4.46. The molecule has 0 saturated heterocycles. The maximum absolute atomic E-state index is 12.8. The molecule has 0 spiro atoms. The molecule has 19 heavy (non-hydrogen) atoms. The molecule has 6 heteroatoms. The number of nitrogens with two attached hydrogens (primary N) is 1. The first-order chi connectivity index (χ1) is 8.98. The Kier molecular flexibility index (Phi) is 3.78. The van der Waals surface area contributed by atoms with Crippen molar-refractivity contribution in [1.82, 2.24) is 9.78 Å². The number of nitrogens with zero attached hydrogens (tertiary/aromatic N) is 2. The van der Waals surface area contributed by atoms with Crippen LogP contribution in [0.5, 0.6) is 0 Å². The number of anilines is 1. The Morgan fingerprint density at radius 1 is 1.16 bits per heavy atom. The molecule has 0 aliphatic rings. The molecule has 3 nitrogen and oxygen atoms in total. The minimum Gasteiger partial charge on any atom is -0.396 e. The summed E-state index contributed by atoms with van der Waals surface area (Å²) in [5.41, 5.74) is 5.21. The topological polar surface area (TPSA) is 43.8 Å². The van der Waals surface area contributed by atoms with Crippen molar-refractivity contribution in [2.75, 3.05) is 5.73 Å². The molecule has 0 amide bonds. The Bertz CT molecular complexity index is 532. The zero-order chi connectivity index (χ0) is 13.9. The van der Waals surface area contributed by atoms with Gasteiger partial charge >= 0.3 is 6.18 Å². The molecule has 0 aliphatic carbocycles. The lowest BCUT2D eigenvalue weighted by Gasteiger charge is -2.11. The van der Waals surface area contributed by atoms with Crippen LogP contribution in [-0.2, 0) is 19.1 Å². The van der Waals surface area contributed by atoms with Crippen molar-refractivity contribution >= 4 is 5.69 Å². The van der Waals surface area contributed by atoms with E-state index in [1.165, 1.54) is 0 Å². The highest BCUT2D eigenvalue weighted by Crippen LogP contribution is 2.33. The van der Waals surface area contributed by atoms with E-state index in [1.807, 2.05) is 30.3 Å². The van der Waals surface area contributed by atoms with Gasteiger partial charge in [-0.1, -0.05) is 30.3 Å². The van der Waals surface area contributed by atoms with Gasteiger partial charge in [0.05, 0.1) is 11.9 Å². The molecule has 2 rings (SSSR count). The van der Waals surface area contributed by atoms with E-state index < -0.39 is 11.9 Å². The number of rotatable bonds is 4. The van der Waals surface area contributed by atoms with E-state index in [-0.39, 0.29) is 12.2 Å². The summed E-state index contributed by atoms with van der Waals surface area (Å²) in [7, 11) is 0. The van der Waals surface area contributed by atoms with Gasteiger partial charge in [0.15, 0.2) is 5.69 Å². The van der Waals surface area contributed by atoms with E-state index in [9.17, 15) is 13.2 Å². The van der Waals surface area contributed by atoms with E-state index in [0.29, 0.717) is 12.8 Å². The normalized spacial score (nSPS) is 11.7. The second-order valence-corrected chi connectivity index (χ2v) is 4.26.